The Morgan fingerprint density at radius 1 is 1.37 bits per heavy atom. The molecule has 2 heterocycles. The molecule has 1 aliphatic rings. The molecule has 0 spiro atoms. The van der Waals surface area contributed by atoms with Gasteiger partial charge >= 0.3 is 12.0 Å². The van der Waals surface area contributed by atoms with Crippen LogP contribution >= 0.6 is 15.9 Å². The monoisotopic (exact) mass is 475 g/mol. The molecule has 1 aliphatic heterocycles. The molecule has 30 heavy (non-hydrogen) atoms. The van der Waals surface area contributed by atoms with Crippen molar-refractivity contribution in [2.24, 2.45) is 0 Å². The molecule has 7 nitrogen and oxygen atoms in total. The second kappa shape index (κ2) is 9.57. The van der Waals surface area contributed by atoms with Gasteiger partial charge in [-0.25, -0.2) is 14.6 Å². The Morgan fingerprint density at radius 2 is 2.13 bits per heavy atom. The average molecular weight is 476 g/mol. The smallest absolute Gasteiger partial charge is 0.356 e. The van der Waals surface area contributed by atoms with Crippen LogP contribution in [-0.2, 0) is 11.3 Å². The van der Waals surface area contributed by atoms with Crippen molar-refractivity contribution in [2.45, 2.75) is 45.8 Å². The molecule has 2 N–H and O–H groups in total. The van der Waals surface area contributed by atoms with Gasteiger partial charge in [-0.2, -0.15) is 0 Å². The van der Waals surface area contributed by atoms with Crippen LogP contribution in [-0.4, -0.2) is 46.2 Å². The van der Waals surface area contributed by atoms with Gasteiger partial charge in [0, 0.05) is 34.8 Å². The molecule has 0 saturated heterocycles. The topological polar surface area (TPSA) is 91.8 Å². The summed E-state index contributed by atoms with van der Waals surface area (Å²) < 4.78 is 6.04. The lowest BCUT2D eigenvalue weighted by atomic mass is 9.96. The Morgan fingerprint density at radius 3 is 2.77 bits per heavy atom. The lowest BCUT2D eigenvalue weighted by molar-refractivity contribution is 0.0519. The fraction of sp³-hybridized carbons (Fsp3) is 0.409. The number of benzene rings is 1. The number of halogens is 1. The van der Waals surface area contributed by atoms with Gasteiger partial charge in [-0.3, -0.25) is 0 Å². The number of aliphatic hydroxyl groups excluding tert-OH is 1. The van der Waals surface area contributed by atoms with Crippen molar-refractivity contribution in [3.05, 3.63) is 51.6 Å². The molecule has 0 unspecified atom stereocenters. The number of urea groups is 1. The van der Waals surface area contributed by atoms with Crippen molar-refractivity contribution in [3.63, 3.8) is 0 Å². The van der Waals surface area contributed by atoms with Crippen LogP contribution in [0.1, 0.15) is 54.8 Å². The van der Waals surface area contributed by atoms with Gasteiger partial charge in [0.05, 0.1) is 18.3 Å². The highest BCUT2D eigenvalue weighted by Gasteiger charge is 2.37. The number of pyridine rings is 1. The van der Waals surface area contributed by atoms with Crippen LogP contribution in [0.2, 0.25) is 0 Å². The first-order chi connectivity index (χ1) is 14.3. The van der Waals surface area contributed by atoms with E-state index >= 15 is 0 Å². The summed E-state index contributed by atoms with van der Waals surface area (Å²) in [5.41, 5.74) is 3.34. The van der Waals surface area contributed by atoms with E-state index in [4.69, 9.17) is 4.74 Å². The standard InChI is InChI=1S/C22H26BrN3O4/c1-4-30-21(28)17-11-15-12-26(22(29)24-13(2)3)18(8-9-27)19(15)20(25-17)14-6-5-7-16(23)10-14/h5-7,10-11,13,18,27H,4,8-9,12H2,1-3H3,(H,24,29)/t18-/m1/s1. The lowest BCUT2D eigenvalue weighted by Crippen LogP contribution is -2.42. The van der Waals surface area contributed by atoms with E-state index in [2.05, 4.69) is 26.2 Å². The second-order valence-electron chi connectivity index (χ2n) is 7.42. The number of amides is 2. The van der Waals surface area contributed by atoms with Gasteiger partial charge < -0.3 is 20.1 Å². The number of esters is 1. The first kappa shape index (κ1) is 22.2. The van der Waals surface area contributed by atoms with Crippen molar-refractivity contribution < 1.29 is 19.4 Å². The van der Waals surface area contributed by atoms with E-state index in [-0.39, 0.29) is 37.0 Å². The molecule has 0 bridgehead atoms. The summed E-state index contributed by atoms with van der Waals surface area (Å²) in [6, 6.07) is 8.75. The first-order valence-corrected chi connectivity index (χ1v) is 10.8. The molecule has 8 heteroatoms. The van der Waals surface area contributed by atoms with E-state index in [1.54, 1.807) is 17.9 Å². The summed E-state index contributed by atoms with van der Waals surface area (Å²) in [5.74, 6) is -0.500. The zero-order chi connectivity index (χ0) is 21.8. The maximum absolute atomic E-state index is 12.8. The predicted molar refractivity (Wildman–Crippen MR) is 117 cm³/mol. The molecular weight excluding hydrogens is 450 g/mol. The minimum Gasteiger partial charge on any atom is -0.461 e. The number of carbonyl (C=O) groups is 2. The molecule has 0 radical (unpaired) electrons. The van der Waals surface area contributed by atoms with Gasteiger partial charge in [0.2, 0.25) is 0 Å². The maximum atomic E-state index is 12.8. The van der Waals surface area contributed by atoms with Crippen LogP contribution in [0.25, 0.3) is 11.3 Å². The number of rotatable bonds is 6. The highest BCUT2D eigenvalue weighted by Crippen LogP contribution is 2.42. The summed E-state index contributed by atoms with van der Waals surface area (Å²) in [7, 11) is 0. The van der Waals surface area contributed by atoms with Crippen LogP contribution in [0.3, 0.4) is 0 Å². The zero-order valence-electron chi connectivity index (χ0n) is 17.3. The minimum atomic E-state index is -0.500. The third kappa shape index (κ3) is 4.65. The average Bonchev–Trinajstić information content (AvgIpc) is 3.06. The van der Waals surface area contributed by atoms with Crippen LogP contribution < -0.4 is 5.32 Å². The minimum absolute atomic E-state index is 0.0197. The number of nitrogens with one attached hydrogen (secondary N) is 1. The van der Waals surface area contributed by atoms with E-state index in [1.807, 2.05) is 38.1 Å². The van der Waals surface area contributed by atoms with Gasteiger partial charge in [0.25, 0.3) is 0 Å². The van der Waals surface area contributed by atoms with Crippen molar-refractivity contribution in [2.75, 3.05) is 13.2 Å². The molecule has 1 aromatic carbocycles. The summed E-state index contributed by atoms with van der Waals surface area (Å²) in [5, 5.41) is 12.6. The third-order valence-electron chi connectivity index (χ3n) is 4.85. The third-order valence-corrected chi connectivity index (χ3v) is 5.35. The quantitative estimate of drug-likeness (QED) is 0.614. The fourth-order valence-electron chi connectivity index (χ4n) is 3.69. The van der Waals surface area contributed by atoms with Gasteiger partial charge in [-0.05, 0) is 51.0 Å². The maximum Gasteiger partial charge on any atom is 0.356 e. The van der Waals surface area contributed by atoms with E-state index in [9.17, 15) is 14.7 Å². The molecule has 1 aromatic heterocycles. The van der Waals surface area contributed by atoms with E-state index in [1.165, 1.54) is 0 Å². The normalized spacial score (nSPS) is 15.3. The van der Waals surface area contributed by atoms with Crippen molar-refractivity contribution in [1.82, 2.24) is 15.2 Å². The Balaban J connectivity index is 2.16. The molecule has 0 fully saturated rings. The van der Waals surface area contributed by atoms with Gasteiger partial charge in [0.15, 0.2) is 0 Å². The number of carbonyl (C=O) groups excluding carboxylic acids is 2. The van der Waals surface area contributed by atoms with Gasteiger partial charge in [-0.15, -0.1) is 0 Å². The SMILES string of the molecule is CCOC(=O)c1cc2c(c(-c3cccc(Br)c3)n1)[C@@H](CCO)N(C(=O)NC(C)C)C2. The molecule has 160 valence electrons. The van der Waals surface area contributed by atoms with Crippen LogP contribution in [0.15, 0.2) is 34.8 Å². The summed E-state index contributed by atoms with van der Waals surface area (Å²) >= 11 is 3.49. The summed E-state index contributed by atoms with van der Waals surface area (Å²) in [6.45, 7) is 6.04. The Bertz CT molecular complexity index is 948. The highest BCUT2D eigenvalue weighted by molar-refractivity contribution is 9.10. The molecule has 0 saturated carbocycles. The van der Waals surface area contributed by atoms with E-state index in [0.29, 0.717) is 18.7 Å². The molecule has 1 atom stereocenters. The van der Waals surface area contributed by atoms with Crippen LogP contribution in [0.5, 0.6) is 0 Å². The van der Waals surface area contributed by atoms with Gasteiger partial charge in [0.1, 0.15) is 5.69 Å². The fourth-order valence-corrected chi connectivity index (χ4v) is 4.09. The number of fused-ring (bicyclic) bond motifs is 1. The number of hydrogen-bond acceptors (Lipinski definition) is 5. The van der Waals surface area contributed by atoms with Crippen molar-refractivity contribution in [3.8, 4) is 11.3 Å². The van der Waals surface area contributed by atoms with Crippen molar-refractivity contribution in [1.29, 1.82) is 0 Å². The predicted octanol–water partition coefficient (Wildman–Crippen LogP) is 4.04. The van der Waals surface area contributed by atoms with Crippen molar-refractivity contribution >= 4 is 27.9 Å². The molecule has 3 rings (SSSR count). The number of aromatic nitrogens is 1. The molecular formula is C22H26BrN3O4. The van der Waals surface area contributed by atoms with Gasteiger partial charge in [-0.1, -0.05) is 28.1 Å². The Hall–Kier alpha value is -2.45. The Kier molecular flexibility index (Phi) is 7.10. The number of hydrogen-bond donors (Lipinski definition) is 2. The summed E-state index contributed by atoms with van der Waals surface area (Å²) in [4.78, 5) is 31.6. The summed E-state index contributed by atoms with van der Waals surface area (Å²) in [6.07, 6.45) is 0.375. The molecule has 2 aromatic rings. The molecule has 2 amide bonds. The van der Waals surface area contributed by atoms with E-state index in [0.717, 1.165) is 21.2 Å². The number of nitrogens with zero attached hydrogens (tertiary/aromatic N) is 2. The van der Waals surface area contributed by atoms with Crippen LogP contribution in [0, 0.1) is 0 Å². The number of aliphatic hydroxyl groups is 1. The zero-order valence-corrected chi connectivity index (χ0v) is 18.9. The first-order valence-electron chi connectivity index (χ1n) is 10.0. The lowest BCUT2D eigenvalue weighted by Gasteiger charge is -2.26. The van der Waals surface area contributed by atoms with E-state index < -0.39 is 5.97 Å². The second-order valence-corrected chi connectivity index (χ2v) is 8.34. The largest absolute Gasteiger partial charge is 0.461 e. The Labute approximate surface area is 184 Å². The highest BCUT2D eigenvalue weighted by atomic mass is 79.9. The van der Waals surface area contributed by atoms with Crippen LogP contribution in [0.4, 0.5) is 4.79 Å². The number of ether oxygens (including phenoxy) is 1. The molecule has 0 aliphatic carbocycles.